The molecule has 1 aliphatic carbocycles. The summed E-state index contributed by atoms with van der Waals surface area (Å²) in [6.45, 7) is 1.83. The van der Waals surface area contributed by atoms with Crippen molar-refractivity contribution >= 4 is 34.1 Å². The Morgan fingerprint density at radius 3 is 2.57 bits per heavy atom. The van der Waals surface area contributed by atoms with Crippen LogP contribution in [0.15, 0.2) is 60.8 Å². The number of alkyl halides is 3. The minimum atomic E-state index is -4.54. The summed E-state index contributed by atoms with van der Waals surface area (Å²) in [5.41, 5.74) is 1.73. The maximum atomic E-state index is 13.5. The maximum absolute atomic E-state index is 13.5. The van der Waals surface area contributed by atoms with E-state index in [-0.39, 0.29) is 23.5 Å². The van der Waals surface area contributed by atoms with E-state index in [9.17, 15) is 18.0 Å². The smallest absolute Gasteiger partial charge is 0.382 e. The summed E-state index contributed by atoms with van der Waals surface area (Å²) in [7, 11) is 0. The average Bonchev–Trinajstić information content (AvgIpc) is 3.25. The van der Waals surface area contributed by atoms with Crippen LogP contribution in [0.1, 0.15) is 47.4 Å². The van der Waals surface area contributed by atoms with Crippen molar-refractivity contribution < 1.29 is 18.0 Å². The standard InChI is InChI=1S/C27H25ClF3N5O/c1-16-22(15-32-36(16)20-11-9-17(28)10-12-20)26(37)34-19-6-4-5-18(13-19)33-24-14-25(27(29,30)31)35-23-8-3-2-7-21(23)24/h2-3,7-12,14-15,18-19H,4-6,13H2,1H3,(H,33,35)(H,34,37)/t18-,19+/m0/s1. The van der Waals surface area contributed by atoms with Gasteiger partial charge in [0.1, 0.15) is 5.69 Å². The van der Waals surface area contributed by atoms with E-state index in [0.717, 1.165) is 31.0 Å². The van der Waals surface area contributed by atoms with Gasteiger partial charge in [0.2, 0.25) is 0 Å². The number of benzene rings is 2. The molecule has 192 valence electrons. The van der Waals surface area contributed by atoms with E-state index in [2.05, 4.69) is 20.7 Å². The van der Waals surface area contributed by atoms with Crippen LogP contribution in [0.2, 0.25) is 5.02 Å². The second kappa shape index (κ2) is 10.0. The lowest BCUT2D eigenvalue weighted by atomic mass is 9.90. The van der Waals surface area contributed by atoms with Crippen molar-refractivity contribution in [3.8, 4) is 5.69 Å². The predicted molar refractivity (Wildman–Crippen MR) is 137 cm³/mol. The Labute approximate surface area is 216 Å². The second-order valence-electron chi connectivity index (χ2n) is 9.28. The van der Waals surface area contributed by atoms with Gasteiger partial charge in [-0.05, 0) is 69.0 Å². The summed E-state index contributed by atoms with van der Waals surface area (Å²) in [5.74, 6) is -0.225. The average molecular weight is 528 g/mol. The zero-order valence-electron chi connectivity index (χ0n) is 20.0. The zero-order valence-corrected chi connectivity index (χ0v) is 20.8. The molecule has 0 saturated heterocycles. The topological polar surface area (TPSA) is 71.8 Å². The second-order valence-corrected chi connectivity index (χ2v) is 9.72. The molecule has 6 nitrogen and oxygen atoms in total. The van der Waals surface area contributed by atoms with Gasteiger partial charge in [-0.3, -0.25) is 4.79 Å². The molecule has 37 heavy (non-hydrogen) atoms. The number of carbonyl (C=O) groups excluding carboxylic acids is 1. The van der Waals surface area contributed by atoms with Crippen LogP contribution in [-0.4, -0.2) is 32.8 Å². The quantitative estimate of drug-likeness (QED) is 0.308. The molecule has 5 rings (SSSR count). The van der Waals surface area contributed by atoms with Crippen LogP contribution < -0.4 is 10.6 Å². The van der Waals surface area contributed by atoms with E-state index in [1.807, 2.05) is 19.1 Å². The van der Waals surface area contributed by atoms with Gasteiger partial charge in [-0.2, -0.15) is 18.3 Å². The molecule has 0 unspecified atom stereocenters. The summed E-state index contributed by atoms with van der Waals surface area (Å²) < 4.78 is 42.0. The largest absolute Gasteiger partial charge is 0.433 e. The molecule has 0 bridgehead atoms. The Morgan fingerprint density at radius 1 is 1.08 bits per heavy atom. The van der Waals surface area contributed by atoms with E-state index < -0.39 is 11.9 Å². The van der Waals surface area contributed by atoms with Crippen molar-refractivity contribution in [2.24, 2.45) is 0 Å². The molecule has 0 radical (unpaired) electrons. The van der Waals surface area contributed by atoms with Crippen molar-refractivity contribution in [3.05, 3.63) is 82.8 Å². The van der Waals surface area contributed by atoms with Crippen LogP contribution in [0, 0.1) is 6.92 Å². The van der Waals surface area contributed by atoms with Gasteiger partial charge >= 0.3 is 6.18 Å². The highest BCUT2D eigenvalue weighted by Gasteiger charge is 2.34. The number of fused-ring (bicyclic) bond motifs is 1. The molecule has 1 amide bonds. The summed E-state index contributed by atoms with van der Waals surface area (Å²) in [4.78, 5) is 16.9. The van der Waals surface area contributed by atoms with Gasteiger partial charge in [0.15, 0.2) is 0 Å². The molecule has 0 spiro atoms. The number of hydrogen-bond donors (Lipinski definition) is 2. The highest BCUT2D eigenvalue weighted by molar-refractivity contribution is 6.30. The number of nitrogens with one attached hydrogen (secondary N) is 2. The van der Waals surface area contributed by atoms with Gasteiger partial charge in [-0.15, -0.1) is 0 Å². The van der Waals surface area contributed by atoms with Crippen molar-refractivity contribution in [1.82, 2.24) is 20.1 Å². The summed E-state index contributed by atoms with van der Waals surface area (Å²) in [5, 5.41) is 12.0. The highest BCUT2D eigenvalue weighted by Crippen LogP contribution is 2.34. The minimum absolute atomic E-state index is 0.0937. The van der Waals surface area contributed by atoms with Gasteiger partial charge < -0.3 is 10.6 Å². The molecule has 2 N–H and O–H groups in total. The van der Waals surface area contributed by atoms with Crippen LogP contribution in [0.4, 0.5) is 18.9 Å². The fourth-order valence-electron chi connectivity index (χ4n) is 4.85. The monoisotopic (exact) mass is 527 g/mol. The minimum Gasteiger partial charge on any atom is -0.382 e. The normalized spacial score (nSPS) is 18.1. The number of hydrogen-bond acceptors (Lipinski definition) is 4. The molecular formula is C27H25ClF3N5O. The Hall–Kier alpha value is -3.59. The Bertz CT molecular complexity index is 1430. The lowest BCUT2D eigenvalue weighted by molar-refractivity contribution is -0.140. The molecule has 0 aliphatic heterocycles. The third-order valence-electron chi connectivity index (χ3n) is 6.70. The lowest BCUT2D eigenvalue weighted by Gasteiger charge is -2.31. The summed E-state index contributed by atoms with van der Waals surface area (Å²) in [6.07, 6.45) is 0.00339. The van der Waals surface area contributed by atoms with Crippen LogP contribution in [0.25, 0.3) is 16.6 Å². The number of rotatable bonds is 5. The molecule has 1 fully saturated rings. The molecular weight excluding hydrogens is 503 g/mol. The molecule has 4 aromatic rings. The lowest BCUT2D eigenvalue weighted by Crippen LogP contribution is -2.42. The molecule has 2 heterocycles. The van der Waals surface area contributed by atoms with Gasteiger partial charge in [-0.25, -0.2) is 9.67 Å². The van der Waals surface area contributed by atoms with Crippen LogP contribution in [-0.2, 0) is 6.18 Å². The van der Waals surface area contributed by atoms with E-state index in [0.29, 0.717) is 33.8 Å². The number of pyridine rings is 1. The van der Waals surface area contributed by atoms with E-state index in [1.54, 1.807) is 47.3 Å². The van der Waals surface area contributed by atoms with Crippen molar-refractivity contribution in [2.75, 3.05) is 5.32 Å². The Balaban J connectivity index is 1.30. The fourth-order valence-corrected chi connectivity index (χ4v) is 4.98. The predicted octanol–water partition coefficient (Wildman–Crippen LogP) is 6.55. The first kappa shape index (κ1) is 25.1. The third kappa shape index (κ3) is 5.41. The van der Waals surface area contributed by atoms with Crippen LogP contribution >= 0.6 is 11.6 Å². The number of aromatic nitrogens is 3. The number of amides is 1. The van der Waals surface area contributed by atoms with Gasteiger partial charge in [-0.1, -0.05) is 29.8 Å². The summed E-state index contributed by atoms with van der Waals surface area (Å²) in [6, 6.07) is 14.8. The molecule has 10 heteroatoms. The Morgan fingerprint density at radius 2 is 1.81 bits per heavy atom. The molecule has 2 atom stereocenters. The van der Waals surface area contributed by atoms with Crippen molar-refractivity contribution in [3.63, 3.8) is 0 Å². The third-order valence-corrected chi connectivity index (χ3v) is 6.95. The SMILES string of the molecule is Cc1c(C(=O)N[C@@H]2CCC[C@H](Nc3cc(C(F)(F)F)nc4ccccc34)C2)cnn1-c1ccc(Cl)cc1. The highest BCUT2D eigenvalue weighted by atomic mass is 35.5. The molecule has 1 aliphatic rings. The maximum Gasteiger partial charge on any atom is 0.433 e. The number of para-hydroxylation sites is 1. The zero-order chi connectivity index (χ0) is 26.2. The summed E-state index contributed by atoms with van der Waals surface area (Å²) >= 11 is 5.97. The Kier molecular flexibility index (Phi) is 6.81. The molecule has 2 aromatic carbocycles. The first-order valence-corrected chi connectivity index (χ1v) is 12.4. The first-order chi connectivity index (χ1) is 17.7. The molecule has 2 aromatic heterocycles. The van der Waals surface area contributed by atoms with Crippen molar-refractivity contribution in [1.29, 1.82) is 0 Å². The van der Waals surface area contributed by atoms with Gasteiger partial charge in [0.05, 0.1) is 28.7 Å². The fraction of sp³-hybridized carbons (Fsp3) is 0.296. The first-order valence-electron chi connectivity index (χ1n) is 12.0. The van der Waals surface area contributed by atoms with Crippen LogP contribution in [0.5, 0.6) is 0 Å². The van der Waals surface area contributed by atoms with E-state index >= 15 is 0 Å². The van der Waals surface area contributed by atoms with E-state index in [4.69, 9.17) is 11.6 Å². The molecule has 1 saturated carbocycles. The number of carbonyl (C=O) groups is 1. The van der Waals surface area contributed by atoms with Gasteiger partial charge in [0, 0.05) is 28.2 Å². The number of anilines is 1. The van der Waals surface area contributed by atoms with Crippen molar-refractivity contribution in [2.45, 2.75) is 50.9 Å². The van der Waals surface area contributed by atoms with Crippen LogP contribution in [0.3, 0.4) is 0 Å². The van der Waals surface area contributed by atoms with Gasteiger partial charge in [0.25, 0.3) is 5.91 Å². The number of nitrogens with zero attached hydrogens (tertiary/aromatic N) is 3. The van der Waals surface area contributed by atoms with E-state index in [1.165, 1.54) is 0 Å². The number of halogens is 4.